The van der Waals surface area contributed by atoms with Crippen molar-refractivity contribution in [2.45, 2.75) is 25.8 Å². The molecule has 0 amide bonds. The molecule has 3 aromatic rings. The summed E-state index contributed by atoms with van der Waals surface area (Å²) in [5, 5.41) is 13.1. The average Bonchev–Trinajstić information content (AvgIpc) is 3.46. The fraction of sp³-hybridized carbons (Fsp3) is 0.400. The number of hydrogen-bond acceptors (Lipinski definition) is 8. The van der Waals surface area contributed by atoms with Crippen molar-refractivity contribution >= 4 is 28.8 Å². The minimum atomic E-state index is -0.314. The Morgan fingerprint density at radius 2 is 2.12 bits per heavy atom. The van der Waals surface area contributed by atoms with E-state index in [9.17, 15) is 10.1 Å². The molecule has 1 saturated heterocycles. The third-order valence-electron chi connectivity index (χ3n) is 6.28. The summed E-state index contributed by atoms with van der Waals surface area (Å²) in [6.45, 7) is 4.05. The largest absolute Gasteiger partial charge is 0.469 e. The summed E-state index contributed by atoms with van der Waals surface area (Å²) >= 11 is 0. The first-order valence-corrected chi connectivity index (χ1v) is 11.1. The van der Waals surface area contributed by atoms with Gasteiger partial charge in [-0.25, -0.2) is 0 Å². The number of fused-ring (bicyclic) bond motifs is 1. The highest BCUT2D eigenvalue weighted by molar-refractivity contribution is 6.02. The Hall–Kier alpha value is -3.57. The molecular formula is C25H29N5O3. The maximum Gasteiger partial charge on any atom is 0.307 e. The van der Waals surface area contributed by atoms with Crippen LogP contribution in [0.1, 0.15) is 24.0 Å². The van der Waals surface area contributed by atoms with Gasteiger partial charge in [-0.3, -0.25) is 4.79 Å². The second-order valence-corrected chi connectivity index (χ2v) is 8.50. The number of carbonyl (C=O) groups excluding carboxylic acids is 1. The molecule has 1 fully saturated rings. The van der Waals surface area contributed by atoms with Gasteiger partial charge in [0.15, 0.2) is 5.58 Å². The van der Waals surface area contributed by atoms with E-state index < -0.39 is 0 Å². The first-order chi connectivity index (χ1) is 15.9. The predicted octanol–water partition coefficient (Wildman–Crippen LogP) is 3.79. The molecule has 1 N–H and O–H groups in total. The molecule has 0 unspecified atom stereocenters. The van der Waals surface area contributed by atoms with E-state index in [0.717, 1.165) is 41.9 Å². The van der Waals surface area contributed by atoms with Crippen LogP contribution in [-0.4, -0.2) is 62.7 Å². The molecule has 1 aromatic heterocycles. The van der Waals surface area contributed by atoms with Gasteiger partial charge in [0.05, 0.1) is 24.8 Å². The highest BCUT2D eigenvalue weighted by Gasteiger charge is 2.31. The summed E-state index contributed by atoms with van der Waals surface area (Å²) in [6, 6.07) is 13.2. The minimum Gasteiger partial charge on any atom is -0.469 e. The monoisotopic (exact) mass is 447 g/mol. The number of nitrogens with one attached hydrogen (secondary N) is 1. The van der Waals surface area contributed by atoms with Crippen LogP contribution in [0.4, 0.5) is 11.7 Å². The molecule has 172 valence electrons. The molecule has 1 aliphatic rings. The second kappa shape index (κ2) is 9.51. The molecule has 8 heteroatoms. The number of benzene rings is 2. The molecule has 0 aliphatic carbocycles. The molecule has 0 radical (unpaired) electrons. The first kappa shape index (κ1) is 22.6. The average molecular weight is 448 g/mol. The van der Waals surface area contributed by atoms with E-state index in [0.29, 0.717) is 35.3 Å². The first-order valence-electron chi connectivity index (χ1n) is 11.1. The van der Waals surface area contributed by atoms with Crippen molar-refractivity contribution in [1.82, 2.24) is 9.88 Å². The van der Waals surface area contributed by atoms with Gasteiger partial charge < -0.3 is 24.3 Å². The van der Waals surface area contributed by atoms with Crippen molar-refractivity contribution in [1.29, 1.82) is 5.26 Å². The van der Waals surface area contributed by atoms with Gasteiger partial charge in [0, 0.05) is 31.2 Å². The number of carbonyl (C=O) groups is 1. The molecule has 4 rings (SSSR count). The van der Waals surface area contributed by atoms with Gasteiger partial charge in [0.2, 0.25) is 0 Å². The zero-order chi connectivity index (χ0) is 23.5. The Balaban J connectivity index is 1.87. The summed E-state index contributed by atoms with van der Waals surface area (Å²) in [4.78, 5) is 20.7. The SMILES string of the molecule is COC(=O)CCNc1nc2c(C#N)c(C)c(-c3ccccc3)c(N3CC[C@H](N(C)C)C3)c2o1. The van der Waals surface area contributed by atoms with Crippen molar-refractivity contribution in [3.8, 4) is 17.2 Å². The molecule has 33 heavy (non-hydrogen) atoms. The van der Waals surface area contributed by atoms with Gasteiger partial charge in [-0.05, 0) is 38.6 Å². The van der Waals surface area contributed by atoms with Crippen molar-refractivity contribution in [3.05, 3.63) is 41.5 Å². The lowest BCUT2D eigenvalue weighted by atomic mass is 9.93. The zero-order valence-electron chi connectivity index (χ0n) is 19.5. The molecular weight excluding hydrogens is 418 g/mol. The van der Waals surface area contributed by atoms with E-state index in [-0.39, 0.29) is 12.4 Å². The van der Waals surface area contributed by atoms with Gasteiger partial charge in [-0.15, -0.1) is 0 Å². The molecule has 2 aromatic carbocycles. The van der Waals surface area contributed by atoms with Gasteiger partial charge in [0.25, 0.3) is 6.01 Å². The van der Waals surface area contributed by atoms with Crippen LogP contribution in [0.3, 0.4) is 0 Å². The molecule has 8 nitrogen and oxygen atoms in total. The maximum absolute atomic E-state index is 11.5. The number of rotatable bonds is 7. The molecule has 1 atom stereocenters. The number of esters is 1. The summed E-state index contributed by atoms with van der Waals surface area (Å²) in [5.41, 5.74) is 5.51. The zero-order valence-corrected chi connectivity index (χ0v) is 19.5. The number of anilines is 2. The number of aromatic nitrogens is 1. The van der Waals surface area contributed by atoms with E-state index in [2.05, 4.69) is 52.4 Å². The van der Waals surface area contributed by atoms with E-state index in [1.54, 1.807) is 0 Å². The van der Waals surface area contributed by atoms with Crippen molar-refractivity contribution in [3.63, 3.8) is 0 Å². The number of nitrogens with zero attached hydrogens (tertiary/aromatic N) is 4. The molecule has 2 heterocycles. The Kier molecular flexibility index (Phi) is 6.52. The lowest BCUT2D eigenvalue weighted by Gasteiger charge is -2.25. The van der Waals surface area contributed by atoms with Crippen LogP contribution >= 0.6 is 0 Å². The number of hydrogen-bond donors (Lipinski definition) is 1. The highest BCUT2D eigenvalue weighted by Crippen LogP contribution is 2.44. The Morgan fingerprint density at radius 1 is 1.36 bits per heavy atom. The van der Waals surface area contributed by atoms with Crippen LogP contribution < -0.4 is 10.2 Å². The Bertz CT molecular complexity index is 1200. The lowest BCUT2D eigenvalue weighted by molar-refractivity contribution is -0.140. The van der Waals surface area contributed by atoms with Crippen LogP contribution in [-0.2, 0) is 9.53 Å². The standard InChI is InChI=1S/C25H29N5O3/c1-16-19(14-26)22-24(33-25(28-22)27-12-10-20(31)32-4)23(21(16)17-8-6-5-7-9-17)30-13-11-18(15-30)29(2)3/h5-9,18H,10-13,15H2,1-4H3,(H,27,28)/t18-/m0/s1. The van der Waals surface area contributed by atoms with Crippen molar-refractivity contribution in [2.75, 3.05) is 51.1 Å². The molecule has 1 aliphatic heterocycles. The van der Waals surface area contributed by atoms with Crippen LogP contribution in [0, 0.1) is 18.3 Å². The van der Waals surface area contributed by atoms with Gasteiger partial charge in [-0.2, -0.15) is 10.2 Å². The summed E-state index contributed by atoms with van der Waals surface area (Å²) < 4.78 is 10.9. The number of methoxy groups -OCH3 is 1. The Labute approximate surface area is 193 Å². The van der Waals surface area contributed by atoms with E-state index in [1.165, 1.54) is 7.11 Å². The van der Waals surface area contributed by atoms with Crippen molar-refractivity contribution < 1.29 is 13.9 Å². The number of nitriles is 1. The van der Waals surface area contributed by atoms with Crippen LogP contribution in [0.5, 0.6) is 0 Å². The second-order valence-electron chi connectivity index (χ2n) is 8.50. The summed E-state index contributed by atoms with van der Waals surface area (Å²) in [5.74, 6) is -0.314. The van der Waals surface area contributed by atoms with E-state index in [4.69, 9.17) is 9.15 Å². The maximum atomic E-state index is 11.5. The number of ether oxygens (including phenoxy) is 1. The molecule has 0 bridgehead atoms. The van der Waals surface area contributed by atoms with E-state index >= 15 is 0 Å². The van der Waals surface area contributed by atoms with Crippen LogP contribution in [0.2, 0.25) is 0 Å². The minimum absolute atomic E-state index is 0.193. The smallest absolute Gasteiger partial charge is 0.307 e. The summed E-state index contributed by atoms with van der Waals surface area (Å²) in [7, 11) is 5.56. The molecule has 0 spiro atoms. The molecule has 0 saturated carbocycles. The van der Waals surface area contributed by atoms with Gasteiger partial charge in [-0.1, -0.05) is 30.3 Å². The number of oxazole rings is 1. The number of likely N-dealkylation sites (N-methyl/N-ethyl adjacent to an activating group) is 1. The van der Waals surface area contributed by atoms with Crippen LogP contribution in [0.15, 0.2) is 34.7 Å². The van der Waals surface area contributed by atoms with Gasteiger partial charge >= 0.3 is 5.97 Å². The van der Waals surface area contributed by atoms with Gasteiger partial charge in [0.1, 0.15) is 11.6 Å². The summed E-state index contributed by atoms with van der Waals surface area (Å²) in [6.07, 6.45) is 1.23. The fourth-order valence-corrected chi connectivity index (χ4v) is 4.46. The normalized spacial score (nSPS) is 15.8. The van der Waals surface area contributed by atoms with Crippen molar-refractivity contribution in [2.24, 2.45) is 0 Å². The van der Waals surface area contributed by atoms with E-state index in [1.807, 2.05) is 25.1 Å². The third kappa shape index (κ3) is 4.37. The highest BCUT2D eigenvalue weighted by atomic mass is 16.5. The predicted molar refractivity (Wildman–Crippen MR) is 128 cm³/mol. The lowest BCUT2D eigenvalue weighted by Crippen LogP contribution is -2.31. The Morgan fingerprint density at radius 3 is 2.76 bits per heavy atom. The quantitative estimate of drug-likeness (QED) is 0.547. The fourth-order valence-electron chi connectivity index (χ4n) is 4.46. The topological polar surface area (TPSA) is 94.6 Å². The van der Waals surface area contributed by atoms with Crippen LogP contribution in [0.25, 0.3) is 22.2 Å². The third-order valence-corrected chi connectivity index (χ3v) is 6.28.